The molecule has 0 bridgehead atoms. The second-order valence-corrected chi connectivity index (χ2v) is 5.41. The lowest BCUT2D eigenvalue weighted by Crippen LogP contribution is -2.53. The van der Waals surface area contributed by atoms with E-state index in [1.807, 2.05) is 24.3 Å². The number of hydrazine groups is 1. The van der Waals surface area contributed by atoms with Crippen molar-refractivity contribution in [3.05, 3.63) is 48.1 Å². The van der Waals surface area contributed by atoms with Crippen LogP contribution in [0.5, 0.6) is 5.75 Å². The van der Waals surface area contributed by atoms with E-state index in [1.54, 1.807) is 6.08 Å². The molecule has 21 heavy (non-hydrogen) atoms. The van der Waals surface area contributed by atoms with E-state index in [0.717, 1.165) is 11.3 Å². The van der Waals surface area contributed by atoms with E-state index in [0.29, 0.717) is 13.0 Å². The van der Waals surface area contributed by atoms with Crippen LogP contribution in [0.25, 0.3) is 6.08 Å². The highest BCUT2D eigenvalue weighted by Gasteiger charge is 2.26. The van der Waals surface area contributed by atoms with E-state index in [-0.39, 0.29) is 17.9 Å². The van der Waals surface area contributed by atoms with Crippen molar-refractivity contribution in [2.24, 2.45) is 5.92 Å². The summed E-state index contributed by atoms with van der Waals surface area (Å²) in [5.74, 6) is 1.17. The summed E-state index contributed by atoms with van der Waals surface area (Å²) in [4.78, 5) is 11.3. The summed E-state index contributed by atoms with van der Waals surface area (Å²) >= 11 is 0. The number of carbonyl (C=O) groups excluding carboxylic acids is 1. The van der Waals surface area contributed by atoms with Gasteiger partial charge in [-0.25, -0.2) is 5.43 Å². The Hall–Kier alpha value is -2.07. The summed E-state index contributed by atoms with van der Waals surface area (Å²) in [5, 5.41) is 0. The summed E-state index contributed by atoms with van der Waals surface area (Å²) in [5.41, 5.74) is 8.09. The van der Waals surface area contributed by atoms with Crippen LogP contribution in [0.4, 0.5) is 0 Å². The molecule has 1 aliphatic heterocycles. The first-order valence-electron chi connectivity index (χ1n) is 7.16. The van der Waals surface area contributed by atoms with Gasteiger partial charge in [0.2, 0.25) is 5.91 Å². The Kier molecular flexibility index (Phi) is 5.17. The van der Waals surface area contributed by atoms with Crippen molar-refractivity contribution in [3.8, 4) is 5.75 Å². The number of hydrogen-bond donors (Lipinski definition) is 2. The third kappa shape index (κ3) is 4.20. The number of nitrogens with one attached hydrogen (secondary N) is 2. The number of benzene rings is 1. The van der Waals surface area contributed by atoms with E-state index >= 15 is 0 Å². The van der Waals surface area contributed by atoms with E-state index in [4.69, 9.17) is 4.74 Å². The van der Waals surface area contributed by atoms with Gasteiger partial charge in [-0.2, -0.15) is 0 Å². The highest BCUT2D eigenvalue weighted by Crippen LogP contribution is 2.21. The Morgan fingerprint density at radius 1 is 1.43 bits per heavy atom. The predicted molar refractivity (Wildman–Crippen MR) is 84.6 cm³/mol. The standard InChI is InChI=1S/C17H22N2O2/c1-4-9-21-15-7-5-14(6-8-15)10-12(2)17-13(3)11-16(20)18-19-17/h4-8,10,13,17,19H,1,9,11H2,2-3H3,(H,18,20)/b12-10+. The highest BCUT2D eigenvalue weighted by atomic mass is 16.5. The van der Waals surface area contributed by atoms with Crippen LogP contribution in [0.2, 0.25) is 0 Å². The normalized spacial score (nSPS) is 22.6. The highest BCUT2D eigenvalue weighted by molar-refractivity contribution is 5.76. The van der Waals surface area contributed by atoms with Gasteiger partial charge in [0.25, 0.3) is 0 Å². The van der Waals surface area contributed by atoms with Crippen LogP contribution in [0.1, 0.15) is 25.8 Å². The van der Waals surface area contributed by atoms with Crippen LogP contribution < -0.4 is 15.6 Å². The van der Waals surface area contributed by atoms with Crippen LogP contribution >= 0.6 is 0 Å². The second-order valence-electron chi connectivity index (χ2n) is 5.41. The zero-order valence-electron chi connectivity index (χ0n) is 12.6. The van der Waals surface area contributed by atoms with Crippen molar-refractivity contribution in [1.82, 2.24) is 10.9 Å². The Morgan fingerprint density at radius 3 is 2.76 bits per heavy atom. The van der Waals surface area contributed by atoms with Crippen LogP contribution in [-0.4, -0.2) is 18.6 Å². The molecular formula is C17H22N2O2. The fourth-order valence-electron chi connectivity index (χ4n) is 2.49. The predicted octanol–water partition coefficient (Wildman–Crippen LogP) is 2.68. The van der Waals surface area contributed by atoms with Gasteiger partial charge in [-0.3, -0.25) is 10.2 Å². The van der Waals surface area contributed by atoms with Gasteiger partial charge >= 0.3 is 0 Å². The summed E-state index contributed by atoms with van der Waals surface area (Å²) in [7, 11) is 0. The van der Waals surface area contributed by atoms with E-state index in [2.05, 4.69) is 37.4 Å². The van der Waals surface area contributed by atoms with Gasteiger partial charge in [0, 0.05) is 6.42 Å². The third-order valence-electron chi connectivity index (χ3n) is 3.58. The van der Waals surface area contributed by atoms with Crippen molar-refractivity contribution in [2.75, 3.05) is 6.61 Å². The Bertz CT molecular complexity index is 534. The molecule has 2 unspecified atom stereocenters. The quantitative estimate of drug-likeness (QED) is 0.818. The largest absolute Gasteiger partial charge is 0.490 e. The van der Waals surface area contributed by atoms with Gasteiger partial charge in [0.15, 0.2) is 0 Å². The summed E-state index contributed by atoms with van der Waals surface area (Å²) in [6.45, 7) is 8.30. The SMILES string of the molecule is C=CCOc1ccc(/C=C(\C)C2NNC(=O)CC2C)cc1. The maximum absolute atomic E-state index is 11.3. The third-order valence-corrected chi connectivity index (χ3v) is 3.58. The van der Waals surface area contributed by atoms with Crippen molar-refractivity contribution < 1.29 is 9.53 Å². The second kappa shape index (κ2) is 7.09. The first kappa shape index (κ1) is 15.3. The molecule has 0 aromatic heterocycles. The lowest BCUT2D eigenvalue weighted by Gasteiger charge is -2.30. The topological polar surface area (TPSA) is 50.4 Å². The van der Waals surface area contributed by atoms with Crippen LogP contribution in [0.3, 0.4) is 0 Å². The molecule has 2 atom stereocenters. The van der Waals surface area contributed by atoms with Crippen LogP contribution in [-0.2, 0) is 4.79 Å². The van der Waals surface area contributed by atoms with Crippen molar-refractivity contribution in [1.29, 1.82) is 0 Å². The van der Waals surface area contributed by atoms with E-state index in [9.17, 15) is 4.79 Å². The Labute approximate surface area is 125 Å². The number of carbonyl (C=O) groups is 1. The lowest BCUT2D eigenvalue weighted by atomic mass is 9.90. The van der Waals surface area contributed by atoms with Crippen LogP contribution in [0, 0.1) is 5.92 Å². The molecule has 2 rings (SSSR count). The number of hydrogen-bond acceptors (Lipinski definition) is 3. The fraction of sp³-hybridized carbons (Fsp3) is 0.353. The molecule has 0 radical (unpaired) electrons. The number of ether oxygens (including phenoxy) is 1. The summed E-state index contributed by atoms with van der Waals surface area (Å²) in [6.07, 6.45) is 4.41. The molecule has 1 amide bonds. The van der Waals surface area contributed by atoms with Gasteiger partial charge in [-0.15, -0.1) is 0 Å². The van der Waals surface area contributed by atoms with E-state index < -0.39 is 0 Å². The molecular weight excluding hydrogens is 264 g/mol. The zero-order chi connectivity index (χ0) is 15.2. The molecule has 1 heterocycles. The molecule has 4 heteroatoms. The van der Waals surface area contributed by atoms with Crippen molar-refractivity contribution >= 4 is 12.0 Å². The zero-order valence-corrected chi connectivity index (χ0v) is 12.6. The van der Waals surface area contributed by atoms with Crippen molar-refractivity contribution in [2.45, 2.75) is 26.3 Å². The minimum atomic E-state index is 0.0512. The molecule has 0 aliphatic carbocycles. The minimum absolute atomic E-state index is 0.0512. The minimum Gasteiger partial charge on any atom is -0.490 e. The molecule has 1 fully saturated rings. The maximum atomic E-state index is 11.3. The average Bonchev–Trinajstić information content (AvgIpc) is 2.46. The van der Waals surface area contributed by atoms with Crippen LogP contribution in [0.15, 0.2) is 42.5 Å². The Balaban J connectivity index is 2.04. The van der Waals surface area contributed by atoms with Gasteiger partial charge in [-0.1, -0.05) is 43.4 Å². The smallest absolute Gasteiger partial charge is 0.234 e. The average molecular weight is 286 g/mol. The molecule has 2 N–H and O–H groups in total. The molecule has 1 aromatic carbocycles. The van der Waals surface area contributed by atoms with Gasteiger partial charge in [-0.05, 0) is 30.5 Å². The number of rotatable bonds is 5. The maximum Gasteiger partial charge on any atom is 0.234 e. The van der Waals surface area contributed by atoms with Crippen molar-refractivity contribution in [3.63, 3.8) is 0 Å². The van der Waals surface area contributed by atoms with Gasteiger partial charge in [0.1, 0.15) is 12.4 Å². The molecule has 4 nitrogen and oxygen atoms in total. The van der Waals surface area contributed by atoms with Gasteiger partial charge in [0.05, 0.1) is 6.04 Å². The first-order chi connectivity index (χ1) is 10.1. The van der Waals surface area contributed by atoms with Gasteiger partial charge < -0.3 is 4.74 Å². The first-order valence-corrected chi connectivity index (χ1v) is 7.16. The Morgan fingerprint density at radius 2 is 2.14 bits per heavy atom. The molecule has 0 saturated carbocycles. The lowest BCUT2D eigenvalue weighted by molar-refractivity contribution is -0.125. The van der Waals surface area contributed by atoms with E-state index in [1.165, 1.54) is 5.57 Å². The summed E-state index contributed by atoms with van der Waals surface area (Å²) < 4.78 is 5.46. The molecule has 112 valence electrons. The monoisotopic (exact) mass is 286 g/mol. The summed E-state index contributed by atoms with van der Waals surface area (Å²) in [6, 6.07) is 8.10. The fourth-order valence-corrected chi connectivity index (χ4v) is 2.49. The molecule has 1 aromatic rings. The molecule has 0 spiro atoms. The molecule has 1 aliphatic rings. The molecule has 1 saturated heterocycles. The number of amides is 1.